The van der Waals surface area contributed by atoms with Crippen molar-refractivity contribution >= 4 is 21.6 Å². The molecule has 0 aliphatic carbocycles. The zero-order valence-corrected chi connectivity index (χ0v) is 21.1. The van der Waals surface area contributed by atoms with Gasteiger partial charge in [-0.15, -0.1) is 0 Å². The van der Waals surface area contributed by atoms with Gasteiger partial charge in [-0.3, -0.25) is 9.10 Å². The van der Waals surface area contributed by atoms with Gasteiger partial charge in [-0.2, -0.15) is 0 Å². The molecule has 1 atom stereocenters. The van der Waals surface area contributed by atoms with E-state index >= 15 is 0 Å². The molecule has 3 aromatic carbocycles. The number of amides is 1. The van der Waals surface area contributed by atoms with Gasteiger partial charge in [0.25, 0.3) is 15.9 Å². The number of benzene rings is 3. The third-order valence-corrected chi connectivity index (χ3v) is 7.53. The van der Waals surface area contributed by atoms with Crippen LogP contribution in [0.25, 0.3) is 0 Å². The molecule has 0 unspecified atom stereocenters. The molecule has 0 aliphatic heterocycles. The van der Waals surface area contributed by atoms with Crippen molar-refractivity contribution in [2.24, 2.45) is 0 Å². The zero-order chi connectivity index (χ0) is 25.0. The van der Waals surface area contributed by atoms with Crippen molar-refractivity contribution in [2.75, 3.05) is 25.6 Å². The normalized spacial score (nSPS) is 12.1. The first-order chi connectivity index (χ1) is 16.1. The standard InChI is InChI=1S/C26H30N2O5S/c1-17-7-13-23(18(2)15-17)19(3)27-26(29)20-8-10-21(11-9-20)28(4)34(30,31)22-12-14-24(32-5)25(16-22)33-6/h7-16,19H,1-6H3,(H,27,29)/t19-/m0/s1. The predicted molar refractivity (Wildman–Crippen MR) is 133 cm³/mol. The summed E-state index contributed by atoms with van der Waals surface area (Å²) in [6.07, 6.45) is 0. The molecule has 0 radical (unpaired) electrons. The molecule has 0 heterocycles. The first kappa shape index (κ1) is 25.1. The fourth-order valence-corrected chi connectivity index (χ4v) is 4.98. The van der Waals surface area contributed by atoms with E-state index in [9.17, 15) is 13.2 Å². The van der Waals surface area contributed by atoms with Gasteiger partial charge < -0.3 is 14.8 Å². The summed E-state index contributed by atoms with van der Waals surface area (Å²) in [4.78, 5) is 12.8. The Morgan fingerprint density at radius 2 is 1.56 bits per heavy atom. The molecule has 1 amide bonds. The fraction of sp³-hybridized carbons (Fsp3) is 0.269. The molecule has 0 aliphatic rings. The molecule has 0 saturated heterocycles. The quantitative estimate of drug-likeness (QED) is 0.506. The second kappa shape index (κ2) is 10.2. The zero-order valence-electron chi connectivity index (χ0n) is 20.2. The summed E-state index contributed by atoms with van der Waals surface area (Å²) in [5.41, 5.74) is 4.20. The molecule has 0 saturated carbocycles. The molecule has 0 aromatic heterocycles. The SMILES string of the molecule is COc1ccc(S(=O)(=O)N(C)c2ccc(C(=O)N[C@@H](C)c3ccc(C)cc3C)cc2)cc1OC. The van der Waals surface area contributed by atoms with Crippen LogP contribution in [-0.2, 0) is 10.0 Å². The van der Waals surface area contributed by atoms with Crippen LogP contribution in [0.5, 0.6) is 11.5 Å². The predicted octanol–water partition coefficient (Wildman–Crippen LogP) is 4.64. The summed E-state index contributed by atoms with van der Waals surface area (Å²) in [7, 11) is 0.545. The first-order valence-corrected chi connectivity index (χ1v) is 12.2. The molecule has 0 fully saturated rings. The Morgan fingerprint density at radius 3 is 2.15 bits per heavy atom. The third kappa shape index (κ3) is 5.17. The van der Waals surface area contributed by atoms with E-state index in [1.54, 1.807) is 30.3 Å². The summed E-state index contributed by atoms with van der Waals surface area (Å²) in [6.45, 7) is 5.99. The fourth-order valence-electron chi connectivity index (χ4n) is 3.77. The van der Waals surface area contributed by atoms with E-state index in [1.165, 1.54) is 39.0 Å². The number of nitrogens with one attached hydrogen (secondary N) is 1. The summed E-state index contributed by atoms with van der Waals surface area (Å²) in [5, 5.41) is 3.00. The Bertz CT molecular complexity index is 1290. The molecule has 1 N–H and O–H groups in total. The van der Waals surface area contributed by atoms with Crippen LogP contribution in [0.2, 0.25) is 0 Å². The Labute approximate surface area is 201 Å². The summed E-state index contributed by atoms with van der Waals surface area (Å²) >= 11 is 0. The lowest BCUT2D eigenvalue weighted by Crippen LogP contribution is -2.28. The van der Waals surface area contributed by atoms with E-state index in [4.69, 9.17) is 9.47 Å². The van der Waals surface area contributed by atoms with Crippen LogP contribution < -0.4 is 19.1 Å². The van der Waals surface area contributed by atoms with Crippen molar-refractivity contribution in [3.05, 3.63) is 82.9 Å². The van der Waals surface area contributed by atoms with Crippen LogP contribution in [0.4, 0.5) is 5.69 Å². The van der Waals surface area contributed by atoms with E-state index in [2.05, 4.69) is 11.4 Å². The van der Waals surface area contributed by atoms with Gasteiger partial charge in [-0.1, -0.05) is 23.8 Å². The molecule has 7 nitrogen and oxygen atoms in total. The lowest BCUT2D eigenvalue weighted by molar-refractivity contribution is 0.0940. The van der Waals surface area contributed by atoms with Gasteiger partial charge in [-0.25, -0.2) is 8.42 Å². The van der Waals surface area contributed by atoms with Crippen molar-refractivity contribution in [3.8, 4) is 11.5 Å². The first-order valence-electron chi connectivity index (χ1n) is 10.8. The van der Waals surface area contributed by atoms with Crippen LogP contribution in [0.15, 0.2) is 65.6 Å². The number of rotatable bonds is 8. The topological polar surface area (TPSA) is 84.9 Å². The minimum absolute atomic E-state index is 0.0664. The van der Waals surface area contributed by atoms with Gasteiger partial charge in [0, 0.05) is 18.7 Å². The Morgan fingerprint density at radius 1 is 0.912 bits per heavy atom. The minimum Gasteiger partial charge on any atom is -0.493 e. The number of carbonyl (C=O) groups excluding carboxylic acids is 1. The maximum atomic E-state index is 13.1. The lowest BCUT2D eigenvalue weighted by atomic mass is 10.00. The number of ether oxygens (including phenoxy) is 2. The van der Waals surface area contributed by atoms with E-state index in [0.29, 0.717) is 22.7 Å². The second-order valence-corrected chi connectivity index (χ2v) is 10.1. The summed E-state index contributed by atoms with van der Waals surface area (Å²) < 4.78 is 37.8. The number of methoxy groups -OCH3 is 2. The molecule has 0 spiro atoms. The van der Waals surface area contributed by atoms with Crippen molar-refractivity contribution in [1.82, 2.24) is 5.32 Å². The van der Waals surface area contributed by atoms with E-state index in [1.807, 2.05) is 32.9 Å². The third-order valence-electron chi connectivity index (χ3n) is 5.75. The van der Waals surface area contributed by atoms with E-state index in [0.717, 1.165) is 15.4 Å². The van der Waals surface area contributed by atoms with Gasteiger partial charge in [0.2, 0.25) is 0 Å². The Hall–Kier alpha value is -3.52. The summed E-state index contributed by atoms with van der Waals surface area (Å²) in [5.74, 6) is 0.529. The number of carbonyl (C=O) groups is 1. The Kier molecular flexibility index (Phi) is 7.51. The van der Waals surface area contributed by atoms with Gasteiger partial charge in [0.15, 0.2) is 11.5 Å². The van der Waals surface area contributed by atoms with Crippen LogP contribution in [0.1, 0.15) is 40.0 Å². The van der Waals surface area contributed by atoms with Gasteiger partial charge in [0.1, 0.15) is 0 Å². The van der Waals surface area contributed by atoms with Crippen molar-refractivity contribution < 1.29 is 22.7 Å². The smallest absolute Gasteiger partial charge is 0.264 e. The molecular weight excluding hydrogens is 452 g/mol. The Balaban J connectivity index is 1.77. The number of anilines is 1. The largest absolute Gasteiger partial charge is 0.493 e. The highest BCUT2D eigenvalue weighted by atomic mass is 32.2. The molecular formula is C26H30N2O5S. The van der Waals surface area contributed by atoms with Crippen LogP contribution in [0.3, 0.4) is 0 Å². The molecule has 3 aromatic rings. The van der Waals surface area contributed by atoms with Crippen molar-refractivity contribution in [3.63, 3.8) is 0 Å². The molecule has 34 heavy (non-hydrogen) atoms. The molecule has 8 heteroatoms. The maximum absolute atomic E-state index is 13.1. The number of aryl methyl sites for hydroxylation is 2. The molecule has 180 valence electrons. The number of hydrogen-bond acceptors (Lipinski definition) is 5. The van der Waals surface area contributed by atoms with Gasteiger partial charge >= 0.3 is 0 Å². The second-order valence-electron chi connectivity index (χ2n) is 8.09. The van der Waals surface area contributed by atoms with Crippen molar-refractivity contribution in [2.45, 2.75) is 31.7 Å². The van der Waals surface area contributed by atoms with E-state index < -0.39 is 10.0 Å². The lowest BCUT2D eigenvalue weighted by Gasteiger charge is -2.21. The average Bonchev–Trinajstić information content (AvgIpc) is 2.82. The average molecular weight is 483 g/mol. The van der Waals surface area contributed by atoms with Crippen molar-refractivity contribution in [1.29, 1.82) is 0 Å². The van der Waals surface area contributed by atoms with Crippen LogP contribution in [-0.4, -0.2) is 35.6 Å². The molecule has 3 rings (SSSR count). The van der Waals surface area contributed by atoms with E-state index in [-0.39, 0.29) is 16.8 Å². The number of hydrogen-bond donors (Lipinski definition) is 1. The number of sulfonamides is 1. The van der Waals surface area contributed by atoms with Crippen LogP contribution >= 0.6 is 0 Å². The monoisotopic (exact) mass is 482 g/mol. The highest BCUT2D eigenvalue weighted by Crippen LogP contribution is 2.31. The number of nitrogens with zero attached hydrogens (tertiary/aromatic N) is 1. The van der Waals surface area contributed by atoms with Gasteiger partial charge in [0.05, 0.1) is 30.8 Å². The molecule has 0 bridgehead atoms. The van der Waals surface area contributed by atoms with Crippen LogP contribution in [0, 0.1) is 13.8 Å². The summed E-state index contributed by atoms with van der Waals surface area (Å²) in [6, 6.07) is 16.8. The highest BCUT2D eigenvalue weighted by molar-refractivity contribution is 7.92. The maximum Gasteiger partial charge on any atom is 0.264 e. The minimum atomic E-state index is -3.85. The van der Waals surface area contributed by atoms with Gasteiger partial charge in [-0.05, 0) is 68.3 Å². The highest BCUT2D eigenvalue weighted by Gasteiger charge is 2.23.